The van der Waals surface area contributed by atoms with Crippen LogP contribution < -0.4 is 10.7 Å². The maximum absolute atomic E-state index is 11.7. The molecule has 0 unspecified atom stereocenters. The van der Waals surface area contributed by atoms with Crippen molar-refractivity contribution in [2.75, 3.05) is 5.32 Å². The molecule has 2 amide bonds. The summed E-state index contributed by atoms with van der Waals surface area (Å²) in [5.41, 5.74) is 3.02. The Balaban J connectivity index is 1.94. The quantitative estimate of drug-likeness (QED) is 0.513. The molecule has 0 spiro atoms. The predicted molar refractivity (Wildman–Crippen MR) is 85.1 cm³/mol. The number of amides is 2. The number of halogens is 2. The number of pyridine rings is 1. The molecule has 112 valence electrons. The summed E-state index contributed by atoms with van der Waals surface area (Å²) in [6.45, 7) is 0. The normalized spacial score (nSPS) is 10.5. The number of hydrazone groups is 1. The highest BCUT2D eigenvalue weighted by Crippen LogP contribution is 2.25. The standard InChI is InChI=1S/C14H10Cl2N4O2/c15-10-3-4-11(16)12(6-10)19-13(21)14(22)20-18-8-9-2-1-5-17-7-9/h1-8H,(H,19,21)(H,20,22)/b18-8-. The van der Waals surface area contributed by atoms with Gasteiger partial charge in [-0.2, -0.15) is 5.10 Å². The lowest BCUT2D eigenvalue weighted by Gasteiger charge is -2.06. The van der Waals surface area contributed by atoms with Crippen LogP contribution in [0.3, 0.4) is 0 Å². The number of rotatable bonds is 3. The van der Waals surface area contributed by atoms with Crippen molar-refractivity contribution in [2.45, 2.75) is 0 Å². The van der Waals surface area contributed by atoms with Crippen LogP contribution >= 0.6 is 23.2 Å². The van der Waals surface area contributed by atoms with Crippen molar-refractivity contribution in [2.24, 2.45) is 5.10 Å². The van der Waals surface area contributed by atoms with Crippen molar-refractivity contribution in [1.82, 2.24) is 10.4 Å². The minimum atomic E-state index is -0.934. The van der Waals surface area contributed by atoms with Gasteiger partial charge >= 0.3 is 11.8 Å². The smallest absolute Gasteiger partial charge is 0.316 e. The van der Waals surface area contributed by atoms with Crippen LogP contribution in [-0.4, -0.2) is 23.0 Å². The van der Waals surface area contributed by atoms with Crippen LogP contribution in [0.25, 0.3) is 0 Å². The first kappa shape index (κ1) is 15.9. The second-order valence-corrected chi connectivity index (χ2v) is 4.91. The van der Waals surface area contributed by atoms with E-state index in [1.807, 2.05) is 0 Å². The Hall–Kier alpha value is -2.44. The number of carbonyl (C=O) groups is 2. The van der Waals surface area contributed by atoms with Gasteiger partial charge in [-0.1, -0.05) is 29.3 Å². The summed E-state index contributed by atoms with van der Waals surface area (Å²) >= 11 is 11.7. The Kier molecular flexibility index (Phi) is 5.46. The highest BCUT2D eigenvalue weighted by atomic mass is 35.5. The van der Waals surface area contributed by atoms with Gasteiger partial charge in [0.15, 0.2) is 0 Å². The molecule has 2 aromatic rings. The molecule has 1 aromatic heterocycles. The van der Waals surface area contributed by atoms with Crippen LogP contribution in [0.15, 0.2) is 47.8 Å². The number of carbonyl (C=O) groups excluding carboxylic acids is 2. The van der Waals surface area contributed by atoms with E-state index in [2.05, 4.69) is 20.8 Å². The summed E-state index contributed by atoms with van der Waals surface area (Å²) in [5.74, 6) is -1.84. The average Bonchev–Trinajstić information content (AvgIpc) is 2.52. The van der Waals surface area contributed by atoms with Gasteiger partial charge in [0.2, 0.25) is 0 Å². The minimum Gasteiger partial charge on any atom is -0.316 e. The summed E-state index contributed by atoms with van der Waals surface area (Å²) < 4.78 is 0. The Morgan fingerprint density at radius 2 is 2.00 bits per heavy atom. The fourth-order valence-electron chi connectivity index (χ4n) is 1.44. The number of benzene rings is 1. The molecule has 0 saturated heterocycles. The molecule has 0 aliphatic carbocycles. The van der Waals surface area contributed by atoms with Gasteiger partial charge in [0.05, 0.1) is 16.9 Å². The van der Waals surface area contributed by atoms with Crippen molar-refractivity contribution in [1.29, 1.82) is 0 Å². The number of hydrogen-bond acceptors (Lipinski definition) is 4. The van der Waals surface area contributed by atoms with Gasteiger partial charge in [-0.05, 0) is 24.3 Å². The zero-order chi connectivity index (χ0) is 15.9. The highest BCUT2D eigenvalue weighted by molar-refractivity contribution is 6.42. The number of anilines is 1. The lowest BCUT2D eigenvalue weighted by atomic mass is 10.3. The van der Waals surface area contributed by atoms with Crippen molar-refractivity contribution in [3.63, 3.8) is 0 Å². The summed E-state index contributed by atoms with van der Waals surface area (Å²) in [5, 5.41) is 6.66. The van der Waals surface area contributed by atoms with Crippen LogP contribution in [0.2, 0.25) is 10.0 Å². The zero-order valence-corrected chi connectivity index (χ0v) is 12.6. The van der Waals surface area contributed by atoms with Gasteiger partial charge in [0.1, 0.15) is 0 Å². The van der Waals surface area contributed by atoms with E-state index in [1.165, 1.54) is 18.3 Å². The second-order valence-electron chi connectivity index (χ2n) is 4.06. The third-order valence-corrected chi connectivity index (χ3v) is 3.01. The van der Waals surface area contributed by atoms with E-state index in [0.717, 1.165) is 0 Å². The summed E-state index contributed by atoms with van der Waals surface area (Å²) in [6, 6.07) is 7.98. The van der Waals surface area contributed by atoms with E-state index in [9.17, 15) is 9.59 Å². The van der Waals surface area contributed by atoms with Gasteiger partial charge in [-0.25, -0.2) is 5.43 Å². The van der Waals surface area contributed by atoms with Crippen LogP contribution in [-0.2, 0) is 9.59 Å². The fraction of sp³-hybridized carbons (Fsp3) is 0. The van der Waals surface area contributed by atoms with Gasteiger partial charge < -0.3 is 5.32 Å². The molecule has 2 N–H and O–H groups in total. The molecule has 8 heteroatoms. The van der Waals surface area contributed by atoms with E-state index >= 15 is 0 Å². The van der Waals surface area contributed by atoms with Crippen LogP contribution in [0.1, 0.15) is 5.56 Å². The molecule has 0 radical (unpaired) electrons. The lowest BCUT2D eigenvalue weighted by molar-refractivity contribution is -0.136. The molecule has 0 aliphatic rings. The van der Waals surface area contributed by atoms with Gasteiger partial charge in [-0.15, -0.1) is 0 Å². The van der Waals surface area contributed by atoms with Gasteiger partial charge in [0.25, 0.3) is 0 Å². The molecular formula is C14H10Cl2N4O2. The Labute approximate surface area is 136 Å². The van der Waals surface area contributed by atoms with E-state index < -0.39 is 11.8 Å². The highest BCUT2D eigenvalue weighted by Gasteiger charge is 2.14. The molecule has 1 aromatic carbocycles. The predicted octanol–water partition coefficient (Wildman–Crippen LogP) is 2.48. The van der Waals surface area contributed by atoms with Crippen LogP contribution in [0.5, 0.6) is 0 Å². The molecule has 0 fully saturated rings. The number of nitrogens with zero attached hydrogens (tertiary/aromatic N) is 2. The molecule has 0 atom stereocenters. The summed E-state index contributed by atoms with van der Waals surface area (Å²) in [4.78, 5) is 27.2. The fourth-order valence-corrected chi connectivity index (χ4v) is 1.78. The maximum Gasteiger partial charge on any atom is 0.329 e. The number of nitrogens with one attached hydrogen (secondary N) is 2. The Morgan fingerprint density at radius 1 is 1.18 bits per heavy atom. The van der Waals surface area contributed by atoms with Gasteiger partial charge in [-0.3, -0.25) is 14.6 Å². The van der Waals surface area contributed by atoms with Crippen LogP contribution in [0, 0.1) is 0 Å². The SMILES string of the molecule is O=C(N/N=C\c1cccnc1)C(=O)Nc1cc(Cl)ccc1Cl. The zero-order valence-electron chi connectivity index (χ0n) is 11.1. The molecule has 2 rings (SSSR count). The maximum atomic E-state index is 11.7. The Bertz CT molecular complexity index is 720. The van der Waals surface area contributed by atoms with E-state index in [1.54, 1.807) is 30.6 Å². The first-order valence-electron chi connectivity index (χ1n) is 6.06. The molecule has 0 bridgehead atoms. The van der Waals surface area contributed by atoms with E-state index in [-0.39, 0.29) is 10.7 Å². The lowest BCUT2D eigenvalue weighted by Crippen LogP contribution is -2.32. The third kappa shape index (κ3) is 4.54. The molecule has 1 heterocycles. The average molecular weight is 337 g/mol. The van der Waals surface area contributed by atoms with E-state index in [4.69, 9.17) is 23.2 Å². The van der Waals surface area contributed by atoms with Crippen molar-refractivity contribution in [3.05, 3.63) is 58.3 Å². The van der Waals surface area contributed by atoms with Gasteiger partial charge in [0, 0.05) is 23.0 Å². The van der Waals surface area contributed by atoms with E-state index in [0.29, 0.717) is 10.6 Å². The summed E-state index contributed by atoms with van der Waals surface area (Å²) in [6.07, 6.45) is 4.53. The monoisotopic (exact) mass is 336 g/mol. The van der Waals surface area contributed by atoms with Crippen molar-refractivity contribution < 1.29 is 9.59 Å². The van der Waals surface area contributed by atoms with Crippen LogP contribution in [0.4, 0.5) is 5.69 Å². The summed E-state index contributed by atoms with van der Waals surface area (Å²) in [7, 11) is 0. The first-order valence-corrected chi connectivity index (χ1v) is 6.81. The topological polar surface area (TPSA) is 83.5 Å². The molecular weight excluding hydrogens is 327 g/mol. The third-order valence-electron chi connectivity index (χ3n) is 2.45. The van der Waals surface area contributed by atoms with Crippen molar-refractivity contribution >= 4 is 46.9 Å². The molecule has 22 heavy (non-hydrogen) atoms. The Morgan fingerprint density at radius 3 is 2.73 bits per heavy atom. The molecule has 6 nitrogen and oxygen atoms in total. The second kappa shape index (κ2) is 7.53. The largest absolute Gasteiger partial charge is 0.329 e. The first-order chi connectivity index (χ1) is 10.6. The minimum absolute atomic E-state index is 0.241. The number of aromatic nitrogens is 1. The molecule has 0 aliphatic heterocycles. The molecule has 0 saturated carbocycles. The van der Waals surface area contributed by atoms with Crippen molar-refractivity contribution in [3.8, 4) is 0 Å². The number of hydrogen-bond donors (Lipinski definition) is 2.